The summed E-state index contributed by atoms with van der Waals surface area (Å²) in [6.07, 6.45) is 8.02. The number of hydrogen-bond acceptors (Lipinski definition) is 9. The summed E-state index contributed by atoms with van der Waals surface area (Å²) in [6, 6.07) is 5.50. The predicted molar refractivity (Wildman–Crippen MR) is 195 cm³/mol. The minimum Gasteiger partial charge on any atom is -0.457 e. The summed E-state index contributed by atoms with van der Waals surface area (Å²) in [7, 11) is 1.74. The van der Waals surface area contributed by atoms with Gasteiger partial charge in [0.05, 0.1) is 18.2 Å². The second kappa shape index (κ2) is 17.2. The van der Waals surface area contributed by atoms with Gasteiger partial charge in [-0.25, -0.2) is 14.0 Å². The molecule has 1 aromatic heterocycles. The lowest BCUT2D eigenvalue weighted by Crippen LogP contribution is -2.50. The number of ether oxygens (including phenoxy) is 4. The van der Waals surface area contributed by atoms with Gasteiger partial charge in [-0.1, -0.05) is 0 Å². The Bertz CT molecular complexity index is 1590. The lowest BCUT2D eigenvalue weighted by Gasteiger charge is -2.38. The molecule has 2 saturated heterocycles. The molecule has 3 amide bonds. The molecule has 12 nitrogen and oxygen atoms in total. The van der Waals surface area contributed by atoms with E-state index in [0.717, 1.165) is 44.9 Å². The average molecular weight is 742 g/mol. The predicted octanol–water partition coefficient (Wildman–Crippen LogP) is 6.80. The average Bonchev–Trinajstić information content (AvgIpc) is 3.92. The second-order valence-electron chi connectivity index (χ2n) is 16.3. The molecular formula is C40H56FN3O9. The number of hydrogen-bond donors (Lipinski definition) is 2. The number of alkyl carbamates (subject to hydrolysis) is 1. The Morgan fingerprint density at radius 1 is 0.981 bits per heavy atom. The van der Waals surface area contributed by atoms with Crippen LogP contribution in [0.4, 0.5) is 14.9 Å². The first-order valence-electron chi connectivity index (χ1n) is 19.4. The van der Waals surface area contributed by atoms with Crippen LogP contribution < -0.4 is 10.6 Å². The van der Waals surface area contributed by atoms with Crippen molar-refractivity contribution in [3.63, 3.8) is 0 Å². The Kier molecular flexibility index (Phi) is 12.6. The van der Waals surface area contributed by atoms with Crippen LogP contribution in [-0.4, -0.2) is 92.2 Å². The first-order valence-corrected chi connectivity index (χ1v) is 19.4. The zero-order chi connectivity index (χ0) is 37.7. The van der Waals surface area contributed by atoms with Crippen molar-refractivity contribution in [2.45, 2.75) is 121 Å². The maximum Gasteiger partial charge on any atom is 0.407 e. The van der Waals surface area contributed by atoms with Gasteiger partial charge in [0, 0.05) is 37.3 Å². The van der Waals surface area contributed by atoms with Crippen LogP contribution in [0.1, 0.15) is 102 Å². The van der Waals surface area contributed by atoms with Crippen molar-refractivity contribution >= 4 is 40.5 Å². The highest BCUT2D eigenvalue weighted by molar-refractivity contribution is 6.00. The van der Waals surface area contributed by atoms with Gasteiger partial charge in [0.2, 0.25) is 17.6 Å². The SMILES string of the molecule is CO[C@H]1CC[C@H]([C@@H]2CCN(C(=O)[C@H]3CC[C@H]([C@@H](CF)NC(=O)OC(C)(C)C)CC3)[C@@H]2C(=O)Nc2ccc3oc(C(=O)OCC4CCCO4)cc3c2)CC1. The molecule has 2 aliphatic carbocycles. The Balaban J connectivity index is 1.12. The third kappa shape index (κ3) is 9.70. The van der Waals surface area contributed by atoms with E-state index < -0.39 is 36.4 Å². The maximum atomic E-state index is 14.3. The Hall–Kier alpha value is -3.71. The van der Waals surface area contributed by atoms with Crippen LogP contribution in [0.25, 0.3) is 11.0 Å². The normalized spacial score (nSPS) is 28.4. The van der Waals surface area contributed by atoms with E-state index in [4.69, 9.17) is 23.4 Å². The molecule has 2 saturated carbocycles. The fraction of sp³-hybridized carbons (Fsp3) is 0.700. The zero-order valence-electron chi connectivity index (χ0n) is 31.5. The topological polar surface area (TPSA) is 146 Å². The molecule has 0 spiro atoms. The first-order chi connectivity index (χ1) is 25.4. The van der Waals surface area contributed by atoms with Gasteiger partial charge >= 0.3 is 12.1 Å². The molecule has 2 N–H and O–H groups in total. The van der Waals surface area contributed by atoms with Crippen LogP contribution in [0.15, 0.2) is 28.7 Å². The van der Waals surface area contributed by atoms with E-state index in [-0.39, 0.29) is 60.1 Å². The number of likely N-dealkylation sites (tertiary alicyclic amines) is 1. The number of fused-ring (bicyclic) bond motifs is 1. The highest BCUT2D eigenvalue weighted by Gasteiger charge is 2.47. The molecule has 4 aliphatic rings. The van der Waals surface area contributed by atoms with Crippen LogP contribution in [0, 0.1) is 23.7 Å². The van der Waals surface area contributed by atoms with Gasteiger partial charge in [-0.2, -0.15) is 0 Å². The summed E-state index contributed by atoms with van der Waals surface area (Å²) in [5, 5.41) is 6.43. The largest absolute Gasteiger partial charge is 0.457 e. The van der Waals surface area contributed by atoms with Crippen molar-refractivity contribution in [2.75, 3.05) is 38.9 Å². The number of benzene rings is 1. The monoisotopic (exact) mass is 741 g/mol. The summed E-state index contributed by atoms with van der Waals surface area (Å²) < 4.78 is 41.8. The summed E-state index contributed by atoms with van der Waals surface area (Å²) in [4.78, 5) is 55.4. The Morgan fingerprint density at radius 3 is 2.40 bits per heavy atom. The number of esters is 1. The van der Waals surface area contributed by atoms with E-state index in [1.165, 1.54) is 0 Å². The Morgan fingerprint density at radius 2 is 1.74 bits per heavy atom. The molecule has 13 heteroatoms. The summed E-state index contributed by atoms with van der Waals surface area (Å²) in [6.45, 7) is 5.91. The number of anilines is 1. The zero-order valence-corrected chi connectivity index (χ0v) is 31.5. The van der Waals surface area contributed by atoms with Crippen molar-refractivity contribution in [3.8, 4) is 0 Å². The van der Waals surface area contributed by atoms with Gasteiger partial charge in [0.25, 0.3) is 0 Å². The third-order valence-electron chi connectivity index (χ3n) is 11.6. The number of methoxy groups -OCH3 is 1. The molecule has 2 aliphatic heterocycles. The highest BCUT2D eigenvalue weighted by atomic mass is 19.1. The molecule has 4 fully saturated rings. The number of alkyl halides is 1. The van der Waals surface area contributed by atoms with Crippen molar-refractivity contribution in [1.29, 1.82) is 0 Å². The lowest BCUT2D eigenvalue weighted by molar-refractivity contribution is -0.142. The van der Waals surface area contributed by atoms with Crippen LogP contribution in [0.2, 0.25) is 0 Å². The van der Waals surface area contributed by atoms with Crippen LogP contribution in [0.3, 0.4) is 0 Å². The van der Waals surface area contributed by atoms with Crippen molar-refractivity contribution in [3.05, 3.63) is 30.0 Å². The summed E-state index contributed by atoms with van der Waals surface area (Å²) in [5.41, 5.74) is 0.341. The molecule has 4 atom stereocenters. The second-order valence-corrected chi connectivity index (χ2v) is 16.3. The Labute approximate surface area is 311 Å². The van der Waals surface area contributed by atoms with Crippen LogP contribution >= 0.6 is 0 Å². The highest BCUT2D eigenvalue weighted by Crippen LogP contribution is 2.42. The minimum absolute atomic E-state index is 0.00455. The number of halogens is 1. The molecule has 292 valence electrons. The summed E-state index contributed by atoms with van der Waals surface area (Å²) >= 11 is 0. The van der Waals surface area contributed by atoms with Crippen LogP contribution in [0.5, 0.6) is 0 Å². The van der Waals surface area contributed by atoms with E-state index in [9.17, 15) is 23.6 Å². The number of nitrogens with one attached hydrogen (secondary N) is 2. The molecule has 2 aromatic rings. The third-order valence-corrected chi connectivity index (χ3v) is 11.6. The van der Waals surface area contributed by atoms with Crippen molar-refractivity contribution in [2.24, 2.45) is 23.7 Å². The number of carbonyl (C=O) groups is 4. The number of carbonyl (C=O) groups excluding carboxylic acids is 4. The molecule has 0 bridgehead atoms. The smallest absolute Gasteiger partial charge is 0.407 e. The van der Waals surface area contributed by atoms with E-state index >= 15 is 0 Å². The molecule has 1 aromatic carbocycles. The van der Waals surface area contributed by atoms with Gasteiger partial charge in [-0.3, -0.25) is 9.59 Å². The molecular weight excluding hydrogens is 685 g/mol. The first kappa shape index (κ1) is 39.0. The fourth-order valence-corrected chi connectivity index (χ4v) is 8.84. The van der Waals surface area contributed by atoms with Gasteiger partial charge in [0.1, 0.15) is 30.5 Å². The number of rotatable bonds is 11. The minimum atomic E-state index is -0.713. The quantitative estimate of drug-likeness (QED) is 0.238. The van der Waals surface area contributed by atoms with E-state index in [1.54, 1.807) is 57.0 Å². The van der Waals surface area contributed by atoms with Crippen LogP contribution in [-0.2, 0) is 28.5 Å². The molecule has 6 rings (SSSR count). The molecule has 3 heterocycles. The van der Waals surface area contributed by atoms with Crippen molar-refractivity contribution in [1.82, 2.24) is 10.2 Å². The lowest BCUT2D eigenvalue weighted by atomic mass is 9.75. The van der Waals surface area contributed by atoms with Gasteiger partial charge in [-0.05, 0) is 133 Å². The number of nitrogens with zero attached hydrogens (tertiary/aromatic N) is 1. The summed E-state index contributed by atoms with van der Waals surface area (Å²) in [5.74, 6) is -0.867. The standard InChI is InChI=1S/C40H56FN3O9/c1-40(2,3)53-39(48)43-32(22-41)25-7-9-26(10-8-25)37(46)44-18-17-31(24-11-14-29(49-4)15-12-24)35(44)36(45)42-28-13-16-33-27(20-28)21-34(52-33)38(47)51-23-30-6-5-19-50-30/h13,16,20-21,24-26,29-32,35H,5-12,14-15,17-19,22-23H2,1-4H3,(H,42,45)(H,43,48)/t24-,25-,26-,29-,30?,31-,32+,35-/m0/s1. The number of furan rings is 1. The fourth-order valence-electron chi connectivity index (χ4n) is 8.84. The van der Waals surface area contributed by atoms with E-state index in [1.807, 2.05) is 0 Å². The van der Waals surface area contributed by atoms with E-state index in [2.05, 4.69) is 10.6 Å². The van der Waals surface area contributed by atoms with Crippen molar-refractivity contribution < 1.29 is 46.9 Å². The maximum absolute atomic E-state index is 14.3. The van der Waals surface area contributed by atoms with E-state index in [0.29, 0.717) is 55.5 Å². The number of amides is 3. The van der Waals surface area contributed by atoms with Gasteiger partial charge in [0.15, 0.2) is 0 Å². The molecule has 1 unspecified atom stereocenters. The van der Waals surface area contributed by atoms with Gasteiger partial charge < -0.3 is 38.9 Å². The van der Waals surface area contributed by atoms with Gasteiger partial charge in [-0.15, -0.1) is 0 Å². The molecule has 0 radical (unpaired) electrons. The molecule has 53 heavy (non-hydrogen) atoms.